The van der Waals surface area contributed by atoms with Crippen molar-refractivity contribution in [1.82, 2.24) is 5.32 Å². The fourth-order valence-corrected chi connectivity index (χ4v) is 2.02. The fraction of sp³-hybridized carbons (Fsp3) is 0.500. The van der Waals surface area contributed by atoms with E-state index in [9.17, 15) is 18.7 Å². The first-order valence-corrected chi connectivity index (χ1v) is 7.18. The molecular formula is C14H19ClF2N2O3. The van der Waals surface area contributed by atoms with Gasteiger partial charge in [0.1, 0.15) is 5.75 Å². The number of hydrogen-bond acceptors (Lipinski definition) is 3. The molecule has 0 saturated carbocycles. The Morgan fingerprint density at radius 1 is 1.41 bits per heavy atom. The van der Waals surface area contributed by atoms with Crippen LogP contribution in [0.3, 0.4) is 0 Å². The average molecular weight is 337 g/mol. The molecule has 0 bridgehead atoms. The van der Waals surface area contributed by atoms with Crippen LogP contribution in [0.2, 0.25) is 5.02 Å². The van der Waals surface area contributed by atoms with E-state index in [0.29, 0.717) is 12.8 Å². The number of carbonyl (C=O) groups is 1. The smallest absolute Gasteiger partial charge is 0.387 e. The zero-order chi connectivity index (χ0) is 16.8. The minimum atomic E-state index is -3.01. The highest BCUT2D eigenvalue weighted by atomic mass is 35.5. The van der Waals surface area contributed by atoms with E-state index >= 15 is 0 Å². The molecule has 22 heavy (non-hydrogen) atoms. The van der Waals surface area contributed by atoms with Gasteiger partial charge in [-0.3, -0.25) is 0 Å². The molecule has 0 heterocycles. The predicted octanol–water partition coefficient (Wildman–Crippen LogP) is 3.61. The monoisotopic (exact) mass is 336 g/mol. The van der Waals surface area contributed by atoms with Gasteiger partial charge in [-0.05, 0) is 25.0 Å². The van der Waals surface area contributed by atoms with E-state index in [1.807, 2.05) is 13.8 Å². The molecule has 1 aromatic rings. The minimum Gasteiger partial charge on any atom is -0.433 e. The van der Waals surface area contributed by atoms with Crippen molar-refractivity contribution >= 4 is 23.3 Å². The van der Waals surface area contributed by atoms with Crippen molar-refractivity contribution in [1.29, 1.82) is 0 Å². The van der Waals surface area contributed by atoms with Crippen LogP contribution in [0.5, 0.6) is 5.75 Å². The SMILES string of the molecule is CCC(CC)(CO)NC(=O)Nc1ccc(Cl)c(OC(F)F)c1. The lowest BCUT2D eigenvalue weighted by molar-refractivity contribution is -0.0497. The third-order valence-corrected chi connectivity index (χ3v) is 3.75. The van der Waals surface area contributed by atoms with Crippen molar-refractivity contribution in [2.75, 3.05) is 11.9 Å². The van der Waals surface area contributed by atoms with Crippen molar-refractivity contribution in [3.8, 4) is 5.75 Å². The summed E-state index contributed by atoms with van der Waals surface area (Å²) >= 11 is 5.73. The summed E-state index contributed by atoms with van der Waals surface area (Å²) in [6, 6.07) is 3.45. The standard InChI is InChI=1S/C14H19ClF2N2O3/c1-3-14(4-2,8-20)19-13(21)18-9-5-6-10(15)11(7-9)22-12(16)17/h5-7,12,20H,3-4,8H2,1-2H3,(H2,18,19,21). The Morgan fingerprint density at radius 2 is 2.05 bits per heavy atom. The van der Waals surface area contributed by atoms with E-state index < -0.39 is 18.2 Å². The summed E-state index contributed by atoms with van der Waals surface area (Å²) in [5.74, 6) is -0.228. The van der Waals surface area contributed by atoms with Crippen LogP contribution in [-0.2, 0) is 0 Å². The Kier molecular flexibility index (Phi) is 6.83. The van der Waals surface area contributed by atoms with Crippen LogP contribution in [0, 0.1) is 0 Å². The number of aliphatic hydroxyl groups excluding tert-OH is 1. The van der Waals surface area contributed by atoms with Gasteiger partial charge in [0.2, 0.25) is 0 Å². The number of urea groups is 1. The Labute approximate surface area is 132 Å². The largest absolute Gasteiger partial charge is 0.433 e. The topological polar surface area (TPSA) is 70.6 Å². The highest BCUT2D eigenvalue weighted by Gasteiger charge is 2.27. The molecule has 5 nitrogen and oxygen atoms in total. The summed E-state index contributed by atoms with van der Waals surface area (Å²) in [5.41, 5.74) is -0.477. The summed E-state index contributed by atoms with van der Waals surface area (Å²) in [4.78, 5) is 12.0. The minimum absolute atomic E-state index is 0.0121. The molecule has 0 aliphatic heterocycles. The lowest BCUT2D eigenvalue weighted by Crippen LogP contribution is -2.52. The quantitative estimate of drug-likeness (QED) is 0.712. The number of rotatable bonds is 7. The molecule has 0 fully saturated rings. The van der Waals surface area contributed by atoms with Crippen molar-refractivity contribution in [2.45, 2.75) is 38.8 Å². The zero-order valence-electron chi connectivity index (χ0n) is 12.3. The summed E-state index contributed by atoms with van der Waals surface area (Å²) in [7, 11) is 0. The molecule has 0 saturated heterocycles. The molecule has 8 heteroatoms. The third kappa shape index (κ3) is 4.99. The molecule has 0 unspecified atom stereocenters. The van der Waals surface area contributed by atoms with E-state index in [1.54, 1.807) is 0 Å². The van der Waals surface area contributed by atoms with E-state index in [1.165, 1.54) is 18.2 Å². The summed E-state index contributed by atoms with van der Waals surface area (Å²) in [6.07, 6.45) is 1.10. The van der Waals surface area contributed by atoms with Crippen LogP contribution in [0.1, 0.15) is 26.7 Å². The number of ether oxygens (including phenoxy) is 1. The second-order valence-corrected chi connectivity index (χ2v) is 5.16. The molecule has 0 spiro atoms. The van der Waals surface area contributed by atoms with Crippen LogP contribution >= 0.6 is 11.6 Å². The molecule has 0 radical (unpaired) electrons. The number of aliphatic hydroxyl groups is 1. The molecule has 0 atom stereocenters. The molecule has 1 rings (SSSR count). The van der Waals surface area contributed by atoms with Gasteiger partial charge in [0.25, 0.3) is 0 Å². The van der Waals surface area contributed by atoms with Crippen LogP contribution in [-0.4, -0.2) is 29.9 Å². The number of amides is 2. The second kappa shape index (κ2) is 8.14. The van der Waals surface area contributed by atoms with Crippen LogP contribution in [0.4, 0.5) is 19.3 Å². The van der Waals surface area contributed by atoms with E-state index in [2.05, 4.69) is 15.4 Å². The molecule has 2 amide bonds. The van der Waals surface area contributed by atoms with Crippen LogP contribution < -0.4 is 15.4 Å². The van der Waals surface area contributed by atoms with Crippen LogP contribution in [0.15, 0.2) is 18.2 Å². The Balaban J connectivity index is 2.80. The number of carbonyl (C=O) groups excluding carboxylic acids is 1. The highest BCUT2D eigenvalue weighted by Crippen LogP contribution is 2.29. The van der Waals surface area contributed by atoms with Gasteiger partial charge in [-0.1, -0.05) is 25.4 Å². The van der Waals surface area contributed by atoms with Crippen molar-refractivity contribution in [3.63, 3.8) is 0 Å². The third-order valence-electron chi connectivity index (χ3n) is 3.44. The number of anilines is 1. The van der Waals surface area contributed by atoms with Gasteiger partial charge in [-0.25, -0.2) is 4.79 Å². The second-order valence-electron chi connectivity index (χ2n) is 4.75. The molecular weight excluding hydrogens is 318 g/mol. The number of benzene rings is 1. The van der Waals surface area contributed by atoms with Gasteiger partial charge in [0, 0.05) is 11.8 Å². The normalized spacial score (nSPS) is 11.4. The summed E-state index contributed by atoms with van der Waals surface area (Å²) < 4.78 is 28.7. The molecule has 124 valence electrons. The summed E-state index contributed by atoms with van der Waals surface area (Å²) in [6.45, 7) is 0.477. The van der Waals surface area contributed by atoms with E-state index in [0.717, 1.165) is 0 Å². The average Bonchev–Trinajstić information content (AvgIpc) is 2.48. The van der Waals surface area contributed by atoms with Gasteiger partial charge in [0.05, 0.1) is 17.2 Å². The van der Waals surface area contributed by atoms with Gasteiger partial charge in [-0.15, -0.1) is 0 Å². The maximum atomic E-state index is 12.2. The number of nitrogens with one attached hydrogen (secondary N) is 2. The molecule has 1 aromatic carbocycles. The first-order valence-electron chi connectivity index (χ1n) is 6.80. The summed E-state index contributed by atoms with van der Waals surface area (Å²) in [5, 5.41) is 14.6. The maximum absolute atomic E-state index is 12.2. The number of halogens is 3. The van der Waals surface area contributed by atoms with Gasteiger partial charge in [-0.2, -0.15) is 8.78 Å². The first-order chi connectivity index (χ1) is 10.4. The molecule has 0 aromatic heterocycles. The van der Waals surface area contributed by atoms with Crippen molar-refractivity contribution < 1.29 is 23.4 Å². The van der Waals surface area contributed by atoms with Crippen molar-refractivity contribution in [2.24, 2.45) is 0 Å². The van der Waals surface area contributed by atoms with Gasteiger partial charge >= 0.3 is 12.6 Å². The van der Waals surface area contributed by atoms with Gasteiger partial charge in [0.15, 0.2) is 0 Å². The van der Waals surface area contributed by atoms with E-state index in [4.69, 9.17) is 11.6 Å². The zero-order valence-corrected chi connectivity index (χ0v) is 13.1. The molecule has 3 N–H and O–H groups in total. The molecule has 0 aliphatic rings. The Morgan fingerprint density at radius 3 is 2.55 bits per heavy atom. The number of alkyl halides is 2. The number of hydrogen-bond donors (Lipinski definition) is 3. The van der Waals surface area contributed by atoms with Crippen LogP contribution in [0.25, 0.3) is 0 Å². The van der Waals surface area contributed by atoms with Crippen molar-refractivity contribution in [3.05, 3.63) is 23.2 Å². The maximum Gasteiger partial charge on any atom is 0.387 e. The first kappa shape index (κ1) is 18.4. The Bertz CT molecular complexity index is 503. The lowest BCUT2D eigenvalue weighted by Gasteiger charge is -2.30. The highest BCUT2D eigenvalue weighted by molar-refractivity contribution is 6.32. The van der Waals surface area contributed by atoms with E-state index in [-0.39, 0.29) is 23.1 Å². The fourth-order valence-electron chi connectivity index (χ4n) is 1.86. The molecule has 0 aliphatic carbocycles. The Hall–Kier alpha value is -1.60. The lowest BCUT2D eigenvalue weighted by atomic mass is 9.94. The van der Waals surface area contributed by atoms with Gasteiger partial charge < -0.3 is 20.5 Å². The predicted molar refractivity (Wildman–Crippen MR) is 80.6 cm³/mol.